The molecule has 1 aliphatic rings. The molecule has 0 radical (unpaired) electrons. The fourth-order valence-electron chi connectivity index (χ4n) is 2.64. The van der Waals surface area contributed by atoms with Crippen LogP contribution in [0.3, 0.4) is 0 Å². The molecule has 0 aromatic heterocycles. The molecule has 0 amide bonds. The Balaban J connectivity index is 1.94. The van der Waals surface area contributed by atoms with Crippen molar-refractivity contribution in [3.05, 3.63) is 62.1 Å². The molecule has 0 N–H and O–H groups in total. The lowest BCUT2D eigenvalue weighted by Gasteiger charge is -2.10. The molecule has 2 aromatic rings. The van der Waals surface area contributed by atoms with Gasteiger partial charge in [0.25, 0.3) is 0 Å². The molecule has 0 unspecified atom stereocenters. The summed E-state index contributed by atoms with van der Waals surface area (Å²) in [5.74, 6) is 0.911. The summed E-state index contributed by atoms with van der Waals surface area (Å²) in [6.07, 6.45) is 1.16. The number of Topliss-reactive ketones (excluding diaryl/α,β-unsaturated/α-hetero) is 1. The molecule has 0 atom stereocenters. The van der Waals surface area contributed by atoms with E-state index >= 15 is 0 Å². The third kappa shape index (κ3) is 2.99. The molecule has 1 heterocycles. The van der Waals surface area contributed by atoms with Crippen molar-refractivity contribution in [2.75, 3.05) is 6.61 Å². The molecular weight excluding hydrogens is 352 g/mol. The minimum atomic E-state index is 0.0776. The molecular formula is C17H14BrClO2. The fraction of sp³-hybridized carbons (Fsp3) is 0.235. The summed E-state index contributed by atoms with van der Waals surface area (Å²) in [7, 11) is 0. The van der Waals surface area contributed by atoms with Gasteiger partial charge in [-0.2, -0.15) is 0 Å². The first-order valence-electron chi connectivity index (χ1n) is 6.78. The van der Waals surface area contributed by atoms with E-state index < -0.39 is 0 Å². The van der Waals surface area contributed by atoms with E-state index in [1.807, 2.05) is 37.3 Å². The van der Waals surface area contributed by atoms with Crippen molar-refractivity contribution in [2.45, 2.75) is 19.8 Å². The second-order valence-electron chi connectivity index (χ2n) is 5.21. The van der Waals surface area contributed by atoms with E-state index in [0.717, 1.165) is 38.9 Å². The maximum absolute atomic E-state index is 12.6. The van der Waals surface area contributed by atoms with E-state index in [-0.39, 0.29) is 5.78 Å². The Hall–Kier alpha value is -1.32. The normalized spacial score (nSPS) is 12.9. The summed E-state index contributed by atoms with van der Waals surface area (Å²) < 4.78 is 6.56. The molecule has 1 aliphatic heterocycles. The Bertz CT molecular complexity index is 725. The number of carbonyl (C=O) groups is 1. The number of carbonyl (C=O) groups excluding carboxylic acids is 1. The van der Waals surface area contributed by atoms with E-state index in [1.165, 1.54) is 0 Å². The molecule has 0 spiro atoms. The van der Waals surface area contributed by atoms with Crippen LogP contribution in [0, 0.1) is 6.92 Å². The van der Waals surface area contributed by atoms with Crippen LogP contribution in [0.4, 0.5) is 0 Å². The number of halogens is 2. The molecule has 0 bridgehead atoms. The smallest absolute Gasteiger partial charge is 0.167 e. The van der Waals surface area contributed by atoms with Gasteiger partial charge in [-0.3, -0.25) is 4.79 Å². The van der Waals surface area contributed by atoms with E-state index in [9.17, 15) is 4.79 Å². The Morgan fingerprint density at radius 1 is 1.33 bits per heavy atom. The van der Waals surface area contributed by atoms with Crippen LogP contribution in [0.1, 0.15) is 27.0 Å². The topological polar surface area (TPSA) is 26.3 Å². The van der Waals surface area contributed by atoms with Crippen molar-refractivity contribution in [3.63, 3.8) is 0 Å². The molecule has 21 heavy (non-hydrogen) atoms. The molecule has 0 saturated heterocycles. The SMILES string of the molecule is Cc1ccc(Br)cc1C(=O)Cc1cc(Cl)cc2c1OCC2. The summed E-state index contributed by atoms with van der Waals surface area (Å²) in [5.41, 5.74) is 3.68. The van der Waals surface area contributed by atoms with Crippen LogP contribution in [0.2, 0.25) is 5.02 Å². The van der Waals surface area contributed by atoms with Gasteiger partial charge in [-0.15, -0.1) is 0 Å². The number of ketones is 1. The van der Waals surface area contributed by atoms with Crippen LogP contribution in [0.25, 0.3) is 0 Å². The highest BCUT2D eigenvalue weighted by molar-refractivity contribution is 9.10. The van der Waals surface area contributed by atoms with Crippen molar-refractivity contribution in [3.8, 4) is 5.75 Å². The molecule has 2 nitrogen and oxygen atoms in total. The van der Waals surface area contributed by atoms with Crippen molar-refractivity contribution >= 4 is 33.3 Å². The van der Waals surface area contributed by atoms with E-state index in [2.05, 4.69) is 15.9 Å². The van der Waals surface area contributed by atoms with Gasteiger partial charge in [0, 0.05) is 33.5 Å². The molecule has 0 aliphatic carbocycles. The number of aryl methyl sites for hydroxylation is 1. The summed E-state index contributed by atoms with van der Waals surface area (Å²) >= 11 is 9.55. The quantitative estimate of drug-likeness (QED) is 0.732. The number of hydrogen-bond donors (Lipinski definition) is 0. The van der Waals surface area contributed by atoms with Crippen LogP contribution in [0.15, 0.2) is 34.8 Å². The zero-order valence-corrected chi connectivity index (χ0v) is 13.9. The average molecular weight is 366 g/mol. The predicted molar refractivity (Wildman–Crippen MR) is 87.6 cm³/mol. The van der Waals surface area contributed by atoms with Crippen LogP contribution in [-0.4, -0.2) is 12.4 Å². The van der Waals surface area contributed by atoms with Crippen molar-refractivity contribution in [1.29, 1.82) is 0 Å². The number of hydrogen-bond acceptors (Lipinski definition) is 2. The van der Waals surface area contributed by atoms with Gasteiger partial charge in [0.15, 0.2) is 5.78 Å². The molecule has 2 aromatic carbocycles. The fourth-order valence-corrected chi connectivity index (χ4v) is 3.26. The van der Waals surface area contributed by atoms with Crippen molar-refractivity contribution in [2.24, 2.45) is 0 Å². The van der Waals surface area contributed by atoms with Gasteiger partial charge in [0.2, 0.25) is 0 Å². The van der Waals surface area contributed by atoms with Crippen LogP contribution in [0.5, 0.6) is 5.75 Å². The first-order valence-corrected chi connectivity index (χ1v) is 7.95. The average Bonchev–Trinajstić information content (AvgIpc) is 2.89. The maximum Gasteiger partial charge on any atom is 0.167 e. The lowest BCUT2D eigenvalue weighted by atomic mass is 9.97. The summed E-state index contributed by atoms with van der Waals surface area (Å²) in [6, 6.07) is 9.49. The van der Waals surface area contributed by atoms with E-state index in [0.29, 0.717) is 18.1 Å². The highest BCUT2D eigenvalue weighted by atomic mass is 79.9. The zero-order valence-electron chi connectivity index (χ0n) is 11.6. The van der Waals surface area contributed by atoms with E-state index in [1.54, 1.807) is 0 Å². The molecule has 4 heteroatoms. The third-order valence-corrected chi connectivity index (χ3v) is 4.39. The van der Waals surface area contributed by atoms with Crippen LogP contribution in [-0.2, 0) is 12.8 Å². The van der Waals surface area contributed by atoms with Gasteiger partial charge in [-0.25, -0.2) is 0 Å². The highest BCUT2D eigenvalue weighted by Crippen LogP contribution is 2.33. The largest absolute Gasteiger partial charge is 0.493 e. The van der Waals surface area contributed by atoms with Gasteiger partial charge >= 0.3 is 0 Å². The summed E-state index contributed by atoms with van der Waals surface area (Å²) in [5, 5.41) is 0.660. The lowest BCUT2D eigenvalue weighted by molar-refractivity contribution is 0.0991. The molecule has 0 fully saturated rings. The summed E-state index contributed by atoms with van der Waals surface area (Å²) in [6.45, 7) is 2.60. The molecule has 108 valence electrons. The second kappa shape index (κ2) is 5.82. The van der Waals surface area contributed by atoms with Gasteiger partial charge in [-0.05, 0) is 42.3 Å². The van der Waals surface area contributed by atoms with E-state index in [4.69, 9.17) is 16.3 Å². The van der Waals surface area contributed by atoms with Gasteiger partial charge < -0.3 is 4.74 Å². The standard InChI is InChI=1S/C17H14BrClO2/c1-10-2-3-13(18)9-15(10)16(20)8-12-7-14(19)6-11-4-5-21-17(11)12/h2-3,6-7,9H,4-5,8H2,1H3. The van der Waals surface area contributed by atoms with Gasteiger partial charge in [0.05, 0.1) is 6.61 Å². The highest BCUT2D eigenvalue weighted by Gasteiger charge is 2.20. The minimum absolute atomic E-state index is 0.0776. The zero-order chi connectivity index (χ0) is 15.0. The Morgan fingerprint density at radius 2 is 2.14 bits per heavy atom. The maximum atomic E-state index is 12.6. The minimum Gasteiger partial charge on any atom is -0.493 e. The van der Waals surface area contributed by atoms with Crippen molar-refractivity contribution < 1.29 is 9.53 Å². The van der Waals surface area contributed by atoms with Crippen LogP contribution >= 0.6 is 27.5 Å². The number of fused-ring (bicyclic) bond motifs is 1. The summed E-state index contributed by atoms with van der Waals surface area (Å²) in [4.78, 5) is 12.6. The van der Waals surface area contributed by atoms with Gasteiger partial charge in [0.1, 0.15) is 5.75 Å². The molecule has 0 saturated carbocycles. The lowest BCUT2D eigenvalue weighted by Crippen LogP contribution is -2.07. The van der Waals surface area contributed by atoms with Gasteiger partial charge in [-0.1, -0.05) is 33.6 Å². The number of ether oxygens (including phenoxy) is 1. The Morgan fingerprint density at radius 3 is 2.95 bits per heavy atom. The number of benzene rings is 2. The van der Waals surface area contributed by atoms with Crippen LogP contribution < -0.4 is 4.74 Å². The Labute approximate surface area is 137 Å². The first-order chi connectivity index (χ1) is 10.0. The second-order valence-corrected chi connectivity index (χ2v) is 6.56. The monoisotopic (exact) mass is 364 g/mol. The molecule has 3 rings (SSSR count). The Kier molecular flexibility index (Phi) is 4.05. The third-order valence-electron chi connectivity index (χ3n) is 3.68. The van der Waals surface area contributed by atoms with Crippen molar-refractivity contribution in [1.82, 2.24) is 0 Å². The first kappa shape index (κ1) is 14.6. The number of rotatable bonds is 3. The predicted octanol–water partition coefficient (Wildman–Crippen LogP) is 4.77.